The smallest absolute Gasteiger partial charge is 0.119 e. The van der Waals surface area contributed by atoms with E-state index in [1.807, 2.05) is 36.4 Å². The van der Waals surface area contributed by atoms with Gasteiger partial charge in [-0.15, -0.1) is 12.4 Å². The lowest BCUT2D eigenvalue weighted by Crippen LogP contribution is -2.46. The Bertz CT molecular complexity index is 740. The molecule has 0 fully saturated rings. The number of aliphatic hydroxyl groups excluding tert-OH is 1. The van der Waals surface area contributed by atoms with E-state index in [0.29, 0.717) is 18.7 Å². The van der Waals surface area contributed by atoms with Gasteiger partial charge in [0.05, 0.1) is 19.6 Å². The molecule has 0 unspecified atom stereocenters. The molecule has 0 aliphatic heterocycles. The summed E-state index contributed by atoms with van der Waals surface area (Å²) in [6.07, 6.45) is 0.611. The molecule has 1 atom stereocenters. The number of β-amino-alcohol motifs (C(OH)–C–C–N with tert-alkyl or cyclic N) is 1. The van der Waals surface area contributed by atoms with Gasteiger partial charge < -0.3 is 19.9 Å². The van der Waals surface area contributed by atoms with Crippen LogP contribution in [0.2, 0.25) is 0 Å². The fourth-order valence-corrected chi connectivity index (χ4v) is 2.76. The number of methoxy groups -OCH3 is 1. The highest BCUT2D eigenvalue weighted by Crippen LogP contribution is 2.17. The molecule has 0 aromatic heterocycles. The Hall–Kier alpha value is -2.26. The van der Waals surface area contributed by atoms with Gasteiger partial charge in [0.15, 0.2) is 0 Å². The molecule has 5 nitrogen and oxygen atoms in total. The zero-order valence-corrected chi connectivity index (χ0v) is 17.5. The van der Waals surface area contributed by atoms with Crippen molar-refractivity contribution in [1.29, 1.82) is 5.26 Å². The molecule has 2 N–H and O–H groups in total. The minimum Gasteiger partial charge on any atom is -0.497 e. The third-order valence-corrected chi connectivity index (χ3v) is 4.27. The van der Waals surface area contributed by atoms with Gasteiger partial charge in [0.25, 0.3) is 0 Å². The Labute approximate surface area is 173 Å². The largest absolute Gasteiger partial charge is 0.497 e. The average molecular weight is 405 g/mol. The van der Waals surface area contributed by atoms with Gasteiger partial charge in [-0.1, -0.05) is 24.3 Å². The topological polar surface area (TPSA) is 74.5 Å². The van der Waals surface area contributed by atoms with E-state index in [0.717, 1.165) is 17.7 Å². The van der Waals surface area contributed by atoms with Gasteiger partial charge in [0.2, 0.25) is 0 Å². The number of halogens is 1. The summed E-state index contributed by atoms with van der Waals surface area (Å²) < 4.78 is 10.8. The monoisotopic (exact) mass is 404 g/mol. The number of aliphatic hydroxyl groups is 1. The van der Waals surface area contributed by atoms with Crippen LogP contribution in [0.25, 0.3) is 0 Å². The molecule has 0 bridgehead atoms. The van der Waals surface area contributed by atoms with Crippen LogP contribution in [-0.2, 0) is 12.8 Å². The molecule has 2 aromatic rings. The zero-order valence-electron chi connectivity index (χ0n) is 16.6. The minimum atomic E-state index is -0.612. The number of hydrogen-bond acceptors (Lipinski definition) is 5. The summed E-state index contributed by atoms with van der Waals surface area (Å²) in [5.74, 6) is 1.53. The molecule has 28 heavy (non-hydrogen) atoms. The van der Waals surface area contributed by atoms with Crippen molar-refractivity contribution in [2.75, 3.05) is 20.3 Å². The van der Waals surface area contributed by atoms with Crippen LogP contribution in [0.1, 0.15) is 25.0 Å². The van der Waals surface area contributed by atoms with E-state index in [1.54, 1.807) is 7.11 Å². The number of nitriles is 1. The molecule has 0 aliphatic rings. The fourth-order valence-electron chi connectivity index (χ4n) is 2.76. The lowest BCUT2D eigenvalue weighted by Gasteiger charge is -2.28. The summed E-state index contributed by atoms with van der Waals surface area (Å²) in [6.45, 7) is 4.87. The number of nitrogens with zero attached hydrogens (tertiary/aromatic N) is 1. The Kier molecular flexibility index (Phi) is 9.81. The first kappa shape index (κ1) is 23.8. The van der Waals surface area contributed by atoms with Crippen LogP contribution in [0.5, 0.6) is 11.5 Å². The van der Waals surface area contributed by atoms with Gasteiger partial charge in [0.1, 0.15) is 24.2 Å². The minimum absolute atomic E-state index is 0. The Morgan fingerprint density at radius 3 is 2.18 bits per heavy atom. The van der Waals surface area contributed by atoms with Gasteiger partial charge in [-0.2, -0.15) is 5.26 Å². The van der Waals surface area contributed by atoms with Gasteiger partial charge in [-0.25, -0.2) is 0 Å². The molecule has 0 aliphatic carbocycles. The average Bonchev–Trinajstić information content (AvgIpc) is 2.66. The number of benzene rings is 2. The maximum Gasteiger partial charge on any atom is 0.119 e. The van der Waals surface area contributed by atoms with Crippen molar-refractivity contribution in [3.63, 3.8) is 0 Å². The SMILES string of the molecule is COc1ccc(CC(C)(C)NC[C@@H](O)COc2ccc(CC#N)cc2)cc1.Cl. The molecule has 0 saturated heterocycles. The molecular weight excluding hydrogens is 376 g/mol. The van der Waals surface area contributed by atoms with Crippen molar-refractivity contribution < 1.29 is 14.6 Å². The summed E-state index contributed by atoms with van der Waals surface area (Å²) in [7, 11) is 1.66. The fraction of sp³-hybridized carbons (Fsp3) is 0.409. The number of ether oxygens (including phenoxy) is 2. The summed E-state index contributed by atoms with van der Waals surface area (Å²) in [5, 5.41) is 22.3. The van der Waals surface area contributed by atoms with Gasteiger partial charge in [-0.3, -0.25) is 0 Å². The molecule has 2 rings (SSSR count). The van der Waals surface area contributed by atoms with E-state index in [9.17, 15) is 5.11 Å². The van der Waals surface area contributed by atoms with Crippen LogP contribution in [-0.4, -0.2) is 37.0 Å². The first-order chi connectivity index (χ1) is 12.9. The van der Waals surface area contributed by atoms with Crippen molar-refractivity contribution in [3.05, 3.63) is 59.7 Å². The zero-order chi connectivity index (χ0) is 19.7. The predicted molar refractivity (Wildman–Crippen MR) is 113 cm³/mol. The summed E-state index contributed by atoms with van der Waals surface area (Å²) in [4.78, 5) is 0. The van der Waals surface area contributed by atoms with Crippen molar-refractivity contribution in [1.82, 2.24) is 5.32 Å². The maximum absolute atomic E-state index is 10.2. The second-order valence-electron chi connectivity index (χ2n) is 7.23. The number of nitrogens with one attached hydrogen (secondary N) is 1. The van der Waals surface area contributed by atoms with Crippen LogP contribution in [0.3, 0.4) is 0 Å². The molecule has 0 radical (unpaired) electrons. The van der Waals surface area contributed by atoms with Gasteiger partial charge in [-0.05, 0) is 55.7 Å². The lowest BCUT2D eigenvalue weighted by atomic mass is 9.94. The third kappa shape index (κ3) is 8.18. The van der Waals surface area contributed by atoms with Crippen LogP contribution in [0, 0.1) is 11.3 Å². The highest BCUT2D eigenvalue weighted by Gasteiger charge is 2.19. The highest BCUT2D eigenvalue weighted by molar-refractivity contribution is 5.85. The number of rotatable bonds is 10. The van der Waals surface area contributed by atoms with Crippen molar-refractivity contribution in [2.24, 2.45) is 0 Å². The van der Waals surface area contributed by atoms with Crippen molar-refractivity contribution in [3.8, 4) is 17.6 Å². The van der Waals surface area contributed by atoms with E-state index in [4.69, 9.17) is 14.7 Å². The molecule has 152 valence electrons. The second-order valence-corrected chi connectivity index (χ2v) is 7.23. The van der Waals surface area contributed by atoms with Crippen LogP contribution in [0.15, 0.2) is 48.5 Å². The first-order valence-electron chi connectivity index (χ1n) is 9.06. The Morgan fingerprint density at radius 1 is 1.04 bits per heavy atom. The van der Waals surface area contributed by atoms with E-state index in [2.05, 4.69) is 37.4 Å². The Balaban J connectivity index is 0.00000392. The van der Waals surface area contributed by atoms with Crippen molar-refractivity contribution >= 4 is 12.4 Å². The van der Waals surface area contributed by atoms with Crippen LogP contribution >= 0.6 is 12.4 Å². The van der Waals surface area contributed by atoms with Gasteiger partial charge >= 0.3 is 0 Å². The van der Waals surface area contributed by atoms with Gasteiger partial charge in [0, 0.05) is 12.1 Å². The summed E-state index contributed by atoms with van der Waals surface area (Å²) in [6, 6.07) is 17.5. The summed E-state index contributed by atoms with van der Waals surface area (Å²) >= 11 is 0. The molecule has 6 heteroatoms. The summed E-state index contributed by atoms with van der Waals surface area (Å²) in [5.41, 5.74) is 2.00. The molecule has 0 spiro atoms. The molecule has 0 saturated carbocycles. The van der Waals surface area contributed by atoms with E-state index in [-0.39, 0.29) is 24.6 Å². The first-order valence-corrected chi connectivity index (χ1v) is 9.06. The molecule has 0 amide bonds. The molecular formula is C22H29ClN2O3. The Morgan fingerprint density at radius 2 is 1.61 bits per heavy atom. The standard InChI is InChI=1S/C22H28N2O3.ClH/c1-22(2,14-18-6-8-20(26-3)9-7-18)24-15-19(25)16-27-21-10-4-17(5-11-21)12-13-23;/h4-11,19,24-25H,12,14-16H2,1-3H3;1H/t19-;/m1./s1. The third-order valence-electron chi connectivity index (χ3n) is 4.27. The van der Waals surface area contributed by atoms with Crippen molar-refractivity contribution in [2.45, 2.75) is 38.3 Å². The molecule has 0 heterocycles. The van der Waals surface area contributed by atoms with E-state index < -0.39 is 6.10 Å². The maximum atomic E-state index is 10.2. The molecule has 2 aromatic carbocycles. The number of hydrogen-bond donors (Lipinski definition) is 2. The second kappa shape index (κ2) is 11.6. The highest BCUT2D eigenvalue weighted by atomic mass is 35.5. The van der Waals surface area contributed by atoms with Crippen LogP contribution in [0.4, 0.5) is 0 Å². The van der Waals surface area contributed by atoms with E-state index >= 15 is 0 Å². The van der Waals surface area contributed by atoms with Crippen LogP contribution < -0.4 is 14.8 Å². The lowest BCUT2D eigenvalue weighted by molar-refractivity contribution is 0.0988. The quantitative estimate of drug-likeness (QED) is 0.633. The van der Waals surface area contributed by atoms with E-state index in [1.165, 1.54) is 5.56 Å². The predicted octanol–water partition coefficient (Wildman–Crippen LogP) is 3.53. The normalized spacial score (nSPS) is 11.8.